The molecule has 1 aromatic carbocycles. The van der Waals surface area contributed by atoms with Gasteiger partial charge in [-0.1, -0.05) is 11.8 Å². The molecule has 0 fully saturated rings. The largest absolute Gasteiger partial charge is 0.444 e. The fourth-order valence-electron chi connectivity index (χ4n) is 2.27. The second-order valence-electron chi connectivity index (χ2n) is 8.10. The van der Waals surface area contributed by atoms with Gasteiger partial charge in [0.05, 0.1) is 12.1 Å². The van der Waals surface area contributed by atoms with Crippen molar-refractivity contribution in [2.24, 2.45) is 0 Å². The molecular weight excluding hydrogens is 344 g/mol. The quantitative estimate of drug-likeness (QED) is 0.760. The number of nitrogens with zero attached hydrogens (tertiary/aromatic N) is 1. The molecule has 0 aliphatic rings. The first-order chi connectivity index (χ1) is 12.4. The van der Waals surface area contributed by atoms with E-state index in [4.69, 9.17) is 9.47 Å². The van der Waals surface area contributed by atoms with Gasteiger partial charge in [-0.3, -0.25) is 4.57 Å². The Kier molecular flexibility index (Phi) is 5.85. The van der Waals surface area contributed by atoms with Crippen molar-refractivity contribution < 1.29 is 19.1 Å². The van der Waals surface area contributed by atoms with E-state index < -0.39 is 23.4 Å². The van der Waals surface area contributed by atoms with Crippen molar-refractivity contribution in [1.82, 2.24) is 9.88 Å². The van der Waals surface area contributed by atoms with Gasteiger partial charge in [0.1, 0.15) is 11.2 Å². The summed E-state index contributed by atoms with van der Waals surface area (Å²) in [6.07, 6.45) is 0.764. The van der Waals surface area contributed by atoms with E-state index in [-0.39, 0.29) is 6.54 Å². The van der Waals surface area contributed by atoms with Crippen LogP contribution in [-0.2, 0) is 9.47 Å². The molecule has 1 aromatic heterocycles. The van der Waals surface area contributed by atoms with Crippen LogP contribution >= 0.6 is 0 Å². The highest BCUT2D eigenvalue weighted by Crippen LogP contribution is 2.19. The predicted octanol–water partition coefficient (Wildman–Crippen LogP) is 4.30. The van der Waals surface area contributed by atoms with E-state index in [0.29, 0.717) is 0 Å². The van der Waals surface area contributed by atoms with Gasteiger partial charge in [0.15, 0.2) is 0 Å². The predicted molar refractivity (Wildman–Crippen MR) is 105 cm³/mol. The number of hydrogen-bond acceptors (Lipinski definition) is 4. The molecule has 0 saturated heterocycles. The minimum absolute atomic E-state index is 0.186. The Bertz CT molecular complexity index is 902. The van der Waals surface area contributed by atoms with Crippen molar-refractivity contribution in [3.63, 3.8) is 0 Å². The van der Waals surface area contributed by atoms with Gasteiger partial charge in [-0.2, -0.15) is 0 Å². The molecule has 0 radical (unpaired) electrons. The highest BCUT2D eigenvalue weighted by atomic mass is 16.6. The topological polar surface area (TPSA) is 69.6 Å². The van der Waals surface area contributed by atoms with Gasteiger partial charge in [-0.25, -0.2) is 9.59 Å². The van der Waals surface area contributed by atoms with Crippen LogP contribution in [0.2, 0.25) is 0 Å². The van der Waals surface area contributed by atoms with Gasteiger partial charge in [0.2, 0.25) is 0 Å². The minimum atomic E-state index is -0.555. The molecule has 0 aliphatic heterocycles. The van der Waals surface area contributed by atoms with Crippen LogP contribution in [-0.4, -0.2) is 34.5 Å². The Morgan fingerprint density at radius 1 is 1.04 bits per heavy atom. The number of aromatic nitrogens is 1. The van der Waals surface area contributed by atoms with Gasteiger partial charge in [0, 0.05) is 17.1 Å². The number of amides is 1. The number of ether oxygens (including phenoxy) is 2. The third-order valence-corrected chi connectivity index (χ3v) is 3.23. The maximum Gasteiger partial charge on any atom is 0.418 e. The van der Waals surface area contributed by atoms with Gasteiger partial charge >= 0.3 is 12.2 Å². The van der Waals surface area contributed by atoms with Crippen molar-refractivity contribution in [2.75, 3.05) is 6.54 Å². The first-order valence-electron chi connectivity index (χ1n) is 8.75. The standard InChI is InChI=1S/C21H26N2O4/c1-20(2,3)26-18(24)22-12-7-8-15-9-10-17-16(14-15)11-13-23(17)19(25)27-21(4,5)6/h9-11,13-14H,12H2,1-6H3,(H,22,24). The van der Waals surface area contributed by atoms with E-state index in [1.807, 2.05) is 45.0 Å². The zero-order chi connectivity index (χ0) is 20.2. The summed E-state index contributed by atoms with van der Waals surface area (Å²) in [5, 5.41) is 3.47. The molecule has 0 atom stereocenters. The summed E-state index contributed by atoms with van der Waals surface area (Å²) in [6.45, 7) is 11.1. The summed E-state index contributed by atoms with van der Waals surface area (Å²) in [5.74, 6) is 5.87. The maximum atomic E-state index is 12.3. The fourth-order valence-corrected chi connectivity index (χ4v) is 2.27. The summed E-state index contributed by atoms with van der Waals surface area (Å²) in [7, 11) is 0. The second kappa shape index (κ2) is 7.75. The third kappa shape index (κ3) is 6.37. The van der Waals surface area contributed by atoms with Crippen molar-refractivity contribution in [3.05, 3.63) is 36.0 Å². The molecule has 1 amide bonds. The molecule has 1 heterocycles. The van der Waals surface area contributed by atoms with Crippen molar-refractivity contribution in [3.8, 4) is 11.8 Å². The highest BCUT2D eigenvalue weighted by Gasteiger charge is 2.19. The number of hydrogen-bond donors (Lipinski definition) is 1. The summed E-state index contributed by atoms with van der Waals surface area (Å²) >= 11 is 0. The van der Waals surface area contributed by atoms with E-state index in [1.165, 1.54) is 4.57 Å². The van der Waals surface area contributed by atoms with Crippen LogP contribution in [0.5, 0.6) is 0 Å². The molecule has 6 heteroatoms. The van der Waals surface area contributed by atoms with Gasteiger partial charge in [0.25, 0.3) is 0 Å². The maximum absolute atomic E-state index is 12.3. The van der Waals surface area contributed by atoms with Crippen molar-refractivity contribution in [2.45, 2.75) is 52.7 Å². The monoisotopic (exact) mass is 370 g/mol. The molecule has 2 rings (SSSR count). The fraction of sp³-hybridized carbons (Fsp3) is 0.429. The van der Waals surface area contributed by atoms with E-state index in [2.05, 4.69) is 17.2 Å². The van der Waals surface area contributed by atoms with E-state index in [0.717, 1.165) is 16.5 Å². The summed E-state index contributed by atoms with van der Waals surface area (Å²) in [6, 6.07) is 7.37. The molecule has 0 aliphatic carbocycles. The first-order valence-corrected chi connectivity index (χ1v) is 8.75. The van der Waals surface area contributed by atoms with Crippen LogP contribution in [0.25, 0.3) is 10.9 Å². The number of nitrogens with one attached hydrogen (secondary N) is 1. The molecular formula is C21H26N2O4. The molecule has 6 nitrogen and oxygen atoms in total. The zero-order valence-electron chi connectivity index (χ0n) is 16.7. The third-order valence-electron chi connectivity index (χ3n) is 3.23. The number of carbonyl (C=O) groups is 2. The lowest BCUT2D eigenvalue weighted by molar-refractivity contribution is 0.0527. The van der Waals surface area contributed by atoms with E-state index in [9.17, 15) is 9.59 Å². The zero-order valence-corrected chi connectivity index (χ0v) is 16.7. The summed E-state index contributed by atoms with van der Waals surface area (Å²) in [4.78, 5) is 23.8. The van der Waals surface area contributed by atoms with Crippen LogP contribution in [0.1, 0.15) is 47.1 Å². The van der Waals surface area contributed by atoms with Crippen LogP contribution in [0.15, 0.2) is 30.5 Å². The number of carbonyl (C=O) groups excluding carboxylic acids is 2. The van der Waals surface area contributed by atoms with Crippen LogP contribution in [0, 0.1) is 11.8 Å². The lowest BCUT2D eigenvalue weighted by Crippen LogP contribution is -2.32. The number of fused-ring (bicyclic) bond motifs is 1. The molecule has 0 saturated carbocycles. The van der Waals surface area contributed by atoms with Crippen LogP contribution in [0.3, 0.4) is 0 Å². The number of alkyl carbamates (subject to hydrolysis) is 1. The summed E-state index contributed by atoms with van der Waals surface area (Å²) in [5.41, 5.74) is 0.446. The Labute approximate surface area is 159 Å². The average Bonchev–Trinajstić information content (AvgIpc) is 2.91. The molecule has 2 aromatic rings. The van der Waals surface area contributed by atoms with Crippen molar-refractivity contribution in [1.29, 1.82) is 0 Å². The number of benzene rings is 1. The number of rotatable bonds is 1. The van der Waals surface area contributed by atoms with Crippen LogP contribution < -0.4 is 5.32 Å². The first kappa shape index (κ1) is 20.4. The lowest BCUT2D eigenvalue weighted by atomic mass is 10.1. The molecule has 27 heavy (non-hydrogen) atoms. The molecule has 0 bridgehead atoms. The van der Waals surface area contributed by atoms with Gasteiger partial charge < -0.3 is 14.8 Å². The molecule has 144 valence electrons. The minimum Gasteiger partial charge on any atom is -0.444 e. The second-order valence-corrected chi connectivity index (χ2v) is 8.10. The lowest BCUT2D eigenvalue weighted by Gasteiger charge is -2.19. The van der Waals surface area contributed by atoms with Gasteiger partial charge in [-0.05, 0) is 65.8 Å². The average molecular weight is 370 g/mol. The smallest absolute Gasteiger partial charge is 0.418 e. The molecule has 1 N–H and O–H groups in total. The Morgan fingerprint density at radius 2 is 1.70 bits per heavy atom. The van der Waals surface area contributed by atoms with E-state index >= 15 is 0 Å². The van der Waals surface area contributed by atoms with Crippen LogP contribution in [0.4, 0.5) is 9.59 Å². The highest BCUT2D eigenvalue weighted by molar-refractivity contribution is 5.90. The van der Waals surface area contributed by atoms with Gasteiger partial charge in [-0.15, -0.1) is 0 Å². The molecule has 0 unspecified atom stereocenters. The van der Waals surface area contributed by atoms with Crippen molar-refractivity contribution >= 4 is 23.1 Å². The Morgan fingerprint density at radius 3 is 2.33 bits per heavy atom. The molecule has 0 spiro atoms. The summed E-state index contributed by atoms with van der Waals surface area (Å²) < 4.78 is 12.0. The Balaban J connectivity index is 2.04. The SMILES string of the molecule is CC(C)(C)OC(=O)NCC#Cc1ccc2c(ccn2C(=O)OC(C)(C)C)c1. The van der Waals surface area contributed by atoms with E-state index in [1.54, 1.807) is 27.0 Å². The Hall–Kier alpha value is -2.94. The normalized spacial score (nSPS) is 11.5.